The fraction of sp³-hybridized carbons (Fsp3) is 0.273. The second kappa shape index (κ2) is 33.2. The molecule has 20 heteroatoms. The third-order valence-corrected chi connectivity index (χ3v) is 19.2. The highest BCUT2D eigenvalue weighted by molar-refractivity contribution is 8.09. The van der Waals surface area contributed by atoms with Gasteiger partial charge in [-0.2, -0.15) is 5.10 Å². The predicted molar refractivity (Wildman–Crippen MR) is 379 cm³/mol. The normalized spacial score (nSPS) is 12.3. The highest BCUT2D eigenvalue weighted by atomic mass is 32.5. The first kappa shape index (κ1) is 69.2. The number of hydrazone groups is 1. The Kier molecular flexibility index (Phi) is 23.7. The Morgan fingerprint density at radius 3 is 1.64 bits per heavy atom. The van der Waals surface area contributed by atoms with Crippen LogP contribution in [-0.2, 0) is 39.8 Å². The van der Waals surface area contributed by atoms with Gasteiger partial charge in [0.15, 0.2) is 11.5 Å². The molecule has 0 saturated carbocycles. The van der Waals surface area contributed by atoms with Crippen molar-refractivity contribution in [2.75, 3.05) is 48.2 Å². The molecule has 9 aromatic rings. The van der Waals surface area contributed by atoms with Gasteiger partial charge in [0, 0.05) is 59.9 Å². The van der Waals surface area contributed by atoms with Gasteiger partial charge >= 0.3 is 12.6 Å². The monoisotopic (exact) mass is 1340 g/mol. The van der Waals surface area contributed by atoms with Gasteiger partial charge in [0.1, 0.15) is 41.1 Å². The molecular weight excluding hydrogens is 1260 g/mol. The number of rotatable bonds is 31. The molecule has 0 bridgehead atoms. The van der Waals surface area contributed by atoms with Crippen molar-refractivity contribution in [3.8, 4) is 86.5 Å². The zero-order valence-corrected chi connectivity index (χ0v) is 57.2. The van der Waals surface area contributed by atoms with Crippen LogP contribution in [0.4, 0.5) is 5.69 Å². The smallest absolute Gasteiger partial charge is 0.410 e. The van der Waals surface area contributed by atoms with E-state index in [9.17, 15) is 14.9 Å². The number of carbonyl (C=O) groups excluding carboxylic acids is 1. The molecule has 0 radical (unpaired) electrons. The lowest BCUT2D eigenvalue weighted by Gasteiger charge is -2.33. The van der Waals surface area contributed by atoms with E-state index in [-0.39, 0.29) is 41.4 Å². The number of aromatic nitrogens is 3. The van der Waals surface area contributed by atoms with Crippen LogP contribution < -0.4 is 37.5 Å². The van der Waals surface area contributed by atoms with E-state index in [2.05, 4.69) is 89.3 Å². The Hall–Kier alpha value is -10.6. The van der Waals surface area contributed by atoms with Crippen molar-refractivity contribution >= 4 is 36.3 Å². The molecule has 0 spiro atoms. The van der Waals surface area contributed by atoms with Crippen LogP contribution in [-0.4, -0.2) is 85.1 Å². The van der Waals surface area contributed by atoms with Crippen LogP contribution >= 0.6 is 6.64 Å². The Labute approximate surface area is 571 Å². The standard InChI is InChI=1S/C77H77N6O12PS/c1-8-10-43-77(44-11-9-2)72-48-58(17-15-56-19-29-64(87-5)30-20-56)25-41-70(72)71-42-26-59(49-73(71)77)18-16-57-21-33-66(34-22-57)90-46-13-47-91-67-37-39-69(40-38-67)95-96(97,81(4)78-52-60-23-31-65(88-6)32-24-60)94-68-35-27-63(28-36-68)82-53-62(79-80-82)14-12-45-92-76-51-74(83(85)86)61(50-75(76)89-7)54-93-55(3)84/h19-42,48-53H,8-14,43-47,54H2,1-7H3/b78-52-. The number of fused-ring (bicyclic) bond motifs is 3. The van der Waals surface area contributed by atoms with E-state index < -0.39 is 17.5 Å². The molecule has 1 unspecified atom stereocenters. The molecule has 1 aromatic heterocycles. The number of hydrogen-bond donors (Lipinski definition) is 0. The van der Waals surface area contributed by atoms with Gasteiger partial charge in [-0.3, -0.25) is 14.9 Å². The van der Waals surface area contributed by atoms with Gasteiger partial charge in [0.05, 0.1) is 81.5 Å². The van der Waals surface area contributed by atoms with Gasteiger partial charge in [-0.25, -0.2) is 9.46 Å². The molecule has 0 amide bonds. The quantitative estimate of drug-likeness (QED) is 0.00758. The highest BCUT2D eigenvalue weighted by Crippen LogP contribution is 2.55. The predicted octanol–water partition coefficient (Wildman–Crippen LogP) is 16.2. The van der Waals surface area contributed by atoms with E-state index in [1.807, 2.05) is 97.1 Å². The van der Waals surface area contributed by atoms with Crippen molar-refractivity contribution in [3.63, 3.8) is 0 Å². The van der Waals surface area contributed by atoms with Gasteiger partial charge in [-0.05, 0) is 205 Å². The molecule has 0 saturated heterocycles. The molecule has 0 N–H and O–H groups in total. The largest absolute Gasteiger partial charge is 0.497 e. The number of ether oxygens (including phenoxy) is 7. The summed E-state index contributed by atoms with van der Waals surface area (Å²) in [6, 6.07) is 53.9. The number of benzene rings is 8. The maximum Gasteiger partial charge on any atom is 0.410 e. The second-order valence-electron chi connectivity index (χ2n) is 23.0. The zero-order valence-electron chi connectivity index (χ0n) is 55.5. The summed E-state index contributed by atoms with van der Waals surface area (Å²) in [5.74, 6) is 17.5. The summed E-state index contributed by atoms with van der Waals surface area (Å²) in [5.41, 5.74) is 11.3. The molecule has 1 aliphatic carbocycles. The van der Waals surface area contributed by atoms with Gasteiger partial charge in [-0.15, -0.1) is 5.10 Å². The van der Waals surface area contributed by atoms with Gasteiger partial charge < -0.3 is 42.2 Å². The fourth-order valence-corrected chi connectivity index (χ4v) is 13.0. The molecule has 0 aliphatic heterocycles. The first-order valence-electron chi connectivity index (χ1n) is 32.2. The number of carbonyl (C=O) groups is 1. The van der Waals surface area contributed by atoms with E-state index >= 15 is 0 Å². The van der Waals surface area contributed by atoms with Crippen LogP contribution in [0.5, 0.6) is 46.0 Å². The zero-order chi connectivity index (χ0) is 68.2. The van der Waals surface area contributed by atoms with Crippen LogP contribution in [0.2, 0.25) is 0 Å². The van der Waals surface area contributed by atoms with E-state index in [0.717, 1.165) is 77.8 Å². The van der Waals surface area contributed by atoms with Gasteiger partial charge in [0.25, 0.3) is 5.69 Å². The van der Waals surface area contributed by atoms with Crippen LogP contribution in [0.1, 0.15) is 122 Å². The first-order chi connectivity index (χ1) is 47.2. The Balaban J connectivity index is 0.724. The van der Waals surface area contributed by atoms with Gasteiger partial charge in [-0.1, -0.05) is 80.6 Å². The average Bonchev–Trinajstić information content (AvgIpc) is 1.57. The minimum atomic E-state index is -3.41. The molecule has 1 aliphatic rings. The molecule has 10 rings (SSSR count). The lowest BCUT2D eigenvalue weighted by molar-refractivity contribution is -0.385. The van der Waals surface area contributed by atoms with Gasteiger partial charge in [0.2, 0.25) is 0 Å². The average molecular weight is 1340 g/mol. The third-order valence-electron chi connectivity index (χ3n) is 16.3. The topological polar surface area (TPSA) is 190 Å². The highest BCUT2D eigenvalue weighted by Gasteiger charge is 2.42. The summed E-state index contributed by atoms with van der Waals surface area (Å²) < 4.78 is 55.5. The summed E-state index contributed by atoms with van der Waals surface area (Å²) in [5, 5.41) is 25.1. The Morgan fingerprint density at radius 2 is 1.11 bits per heavy atom. The lowest BCUT2D eigenvalue weighted by Crippen LogP contribution is -2.25. The summed E-state index contributed by atoms with van der Waals surface area (Å²) in [6.07, 6.45) is 11.8. The second-order valence-corrected chi connectivity index (χ2v) is 26.3. The van der Waals surface area contributed by atoms with E-state index in [1.165, 1.54) is 53.2 Å². The molecule has 18 nitrogen and oxygen atoms in total. The molecule has 8 aromatic carbocycles. The molecule has 498 valence electrons. The Morgan fingerprint density at radius 1 is 0.619 bits per heavy atom. The maximum absolute atomic E-state index is 11.8. The summed E-state index contributed by atoms with van der Waals surface area (Å²) in [6.45, 7) is 3.17. The van der Waals surface area contributed by atoms with Crippen molar-refractivity contribution < 1.29 is 51.9 Å². The molecule has 97 heavy (non-hydrogen) atoms. The first-order valence-corrected chi connectivity index (χ1v) is 34.8. The SMILES string of the molecule is CCCCC1(CCCC)c2cc(C#Cc3ccc(OC)cc3)ccc2-c2ccc(C#Cc3ccc(OCCCOc4ccc(OP(=S)(Oc5ccc(-n6cc(CCCOc7cc([N+](=O)[O-])c(COC(C)=O)cc7OC)nn6)cc5)N(C)/N=C\c5ccc(OC)cc5)cc4)cc3)cc21. The van der Waals surface area contributed by atoms with Crippen LogP contribution in [0.25, 0.3) is 16.8 Å². The van der Waals surface area contributed by atoms with Crippen molar-refractivity contribution in [2.24, 2.45) is 5.10 Å². The summed E-state index contributed by atoms with van der Waals surface area (Å²) in [4.78, 5) is 22.6. The van der Waals surface area contributed by atoms with E-state index in [4.69, 9.17) is 54.0 Å². The van der Waals surface area contributed by atoms with Crippen molar-refractivity contribution in [1.29, 1.82) is 0 Å². The number of unbranched alkanes of at least 4 members (excludes halogenated alkanes) is 2. The minimum absolute atomic E-state index is 0.109. The molecular formula is C77H77N6O12PS. The van der Waals surface area contributed by atoms with Crippen molar-refractivity contribution in [2.45, 2.75) is 90.6 Å². The fourth-order valence-electron chi connectivity index (χ4n) is 11.2. The van der Waals surface area contributed by atoms with E-state index in [0.29, 0.717) is 66.9 Å². The number of nitrogens with zero attached hydrogens (tertiary/aromatic N) is 6. The number of nitro benzene ring substituents is 1. The van der Waals surface area contributed by atoms with E-state index in [1.54, 1.807) is 62.6 Å². The van der Waals surface area contributed by atoms with Crippen LogP contribution in [0.15, 0.2) is 181 Å². The maximum atomic E-state index is 11.8. The third kappa shape index (κ3) is 18.1. The molecule has 1 atom stereocenters. The summed E-state index contributed by atoms with van der Waals surface area (Å²) >= 11 is 6.21. The number of aryl methyl sites for hydroxylation is 1. The van der Waals surface area contributed by atoms with Crippen molar-refractivity contribution in [1.82, 2.24) is 19.8 Å². The number of methoxy groups -OCH3 is 3. The summed E-state index contributed by atoms with van der Waals surface area (Å²) in [7, 11) is 6.42. The Bertz CT molecular complexity index is 4380. The minimum Gasteiger partial charge on any atom is -0.497 e. The number of nitro groups is 1. The lowest BCUT2D eigenvalue weighted by atomic mass is 9.70. The van der Waals surface area contributed by atoms with Crippen LogP contribution in [0.3, 0.4) is 0 Å². The number of esters is 1. The molecule has 0 fully saturated rings. The van der Waals surface area contributed by atoms with Crippen LogP contribution in [0, 0.1) is 33.8 Å². The molecule has 1 heterocycles. The number of hydrogen-bond acceptors (Lipinski definition) is 16. The van der Waals surface area contributed by atoms with Crippen molar-refractivity contribution in [3.05, 3.63) is 236 Å².